The Hall–Kier alpha value is -2.15. The van der Waals surface area contributed by atoms with E-state index in [9.17, 15) is 0 Å². The second-order valence-corrected chi connectivity index (χ2v) is 5.13. The van der Waals surface area contributed by atoms with Crippen LogP contribution >= 0.6 is 0 Å². The first-order valence-corrected chi connectivity index (χ1v) is 6.59. The first-order valence-electron chi connectivity index (χ1n) is 6.59. The summed E-state index contributed by atoms with van der Waals surface area (Å²) in [5.41, 5.74) is 6.12. The van der Waals surface area contributed by atoms with E-state index in [0.717, 1.165) is 5.69 Å². The summed E-state index contributed by atoms with van der Waals surface area (Å²) in [4.78, 5) is 4.65. The highest BCUT2D eigenvalue weighted by Crippen LogP contribution is 2.29. The lowest BCUT2D eigenvalue weighted by molar-refractivity contribution is 1.29. The molecule has 1 heterocycles. The number of fused-ring (bicyclic) bond motifs is 1. The minimum Gasteiger partial charge on any atom is -0.255 e. The summed E-state index contributed by atoms with van der Waals surface area (Å²) in [5.74, 6) is 0. The lowest BCUT2D eigenvalue weighted by atomic mass is 9.99. The molecule has 0 aliphatic heterocycles. The van der Waals surface area contributed by atoms with Crippen molar-refractivity contribution in [1.82, 2.24) is 4.98 Å². The predicted molar refractivity (Wildman–Crippen MR) is 81.4 cm³/mol. The van der Waals surface area contributed by atoms with Gasteiger partial charge in [-0.1, -0.05) is 36.4 Å². The van der Waals surface area contributed by atoms with Crippen molar-refractivity contribution < 1.29 is 0 Å². The Balaban J connectivity index is 2.31. The molecule has 0 amide bonds. The molecule has 3 rings (SSSR count). The highest BCUT2D eigenvalue weighted by Gasteiger charge is 2.07. The summed E-state index contributed by atoms with van der Waals surface area (Å²) in [6, 6.07) is 15.0. The van der Waals surface area contributed by atoms with E-state index in [1.807, 2.05) is 6.20 Å². The number of hydrogen-bond donors (Lipinski definition) is 0. The van der Waals surface area contributed by atoms with Gasteiger partial charge >= 0.3 is 0 Å². The first-order chi connectivity index (χ1) is 9.16. The molecule has 0 radical (unpaired) electrons. The standard InChI is InChI=1S/C18H17N/c1-12-8-9-15(10-13(12)2)18-17-7-5-4-6-16(17)14(3)11-19-18/h4-11H,1-3H3. The smallest absolute Gasteiger partial charge is 0.0780 e. The van der Waals surface area contributed by atoms with Gasteiger partial charge in [0.15, 0.2) is 0 Å². The third-order valence-corrected chi connectivity index (χ3v) is 3.77. The number of rotatable bonds is 1. The topological polar surface area (TPSA) is 12.9 Å². The molecule has 0 fully saturated rings. The Labute approximate surface area is 113 Å². The molecule has 1 nitrogen and oxygen atoms in total. The SMILES string of the molecule is Cc1ccc(-c2ncc(C)c3ccccc23)cc1C. The van der Waals surface area contributed by atoms with Crippen molar-refractivity contribution in [3.63, 3.8) is 0 Å². The molecule has 3 aromatic rings. The van der Waals surface area contributed by atoms with E-state index in [-0.39, 0.29) is 0 Å². The zero-order chi connectivity index (χ0) is 13.4. The molecule has 94 valence electrons. The van der Waals surface area contributed by atoms with Crippen LogP contribution in [0.1, 0.15) is 16.7 Å². The number of hydrogen-bond acceptors (Lipinski definition) is 1. The maximum Gasteiger partial charge on any atom is 0.0780 e. The first kappa shape index (κ1) is 11.9. The van der Waals surface area contributed by atoms with Crippen molar-refractivity contribution in [2.75, 3.05) is 0 Å². The van der Waals surface area contributed by atoms with Gasteiger partial charge < -0.3 is 0 Å². The molecule has 0 atom stereocenters. The molecule has 0 saturated heterocycles. The fourth-order valence-electron chi connectivity index (χ4n) is 2.45. The molecular weight excluding hydrogens is 230 g/mol. The van der Waals surface area contributed by atoms with E-state index in [2.05, 4.69) is 68.2 Å². The van der Waals surface area contributed by atoms with Crippen LogP contribution in [0.25, 0.3) is 22.0 Å². The van der Waals surface area contributed by atoms with Gasteiger partial charge in [0.1, 0.15) is 0 Å². The third kappa shape index (κ3) is 2.01. The summed E-state index contributed by atoms with van der Waals surface area (Å²) in [7, 11) is 0. The molecule has 0 N–H and O–H groups in total. The number of aryl methyl sites for hydroxylation is 3. The van der Waals surface area contributed by atoms with E-state index in [0.29, 0.717) is 0 Å². The molecule has 2 aromatic carbocycles. The van der Waals surface area contributed by atoms with Gasteiger partial charge in [-0.2, -0.15) is 0 Å². The zero-order valence-corrected chi connectivity index (χ0v) is 11.6. The second-order valence-electron chi connectivity index (χ2n) is 5.13. The van der Waals surface area contributed by atoms with Crippen molar-refractivity contribution in [3.8, 4) is 11.3 Å². The van der Waals surface area contributed by atoms with Crippen LogP contribution in [-0.2, 0) is 0 Å². The van der Waals surface area contributed by atoms with Crippen molar-refractivity contribution >= 4 is 10.8 Å². The van der Waals surface area contributed by atoms with Crippen LogP contribution in [0.3, 0.4) is 0 Å². The van der Waals surface area contributed by atoms with Gasteiger partial charge in [-0.15, -0.1) is 0 Å². The fourth-order valence-corrected chi connectivity index (χ4v) is 2.45. The summed E-state index contributed by atoms with van der Waals surface area (Å²) >= 11 is 0. The Kier molecular flexibility index (Phi) is 2.83. The molecule has 0 unspecified atom stereocenters. The molecule has 0 spiro atoms. The van der Waals surface area contributed by atoms with Crippen LogP contribution in [0.2, 0.25) is 0 Å². The van der Waals surface area contributed by atoms with Crippen molar-refractivity contribution in [1.29, 1.82) is 0 Å². The van der Waals surface area contributed by atoms with E-state index in [1.165, 1.54) is 33.0 Å². The summed E-state index contributed by atoms with van der Waals surface area (Å²) in [6.07, 6.45) is 1.97. The molecule has 1 aromatic heterocycles. The molecule has 19 heavy (non-hydrogen) atoms. The maximum atomic E-state index is 4.65. The van der Waals surface area contributed by atoms with Gasteiger partial charge in [-0.05, 0) is 48.9 Å². The van der Waals surface area contributed by atoms with Gasteiger partial charge in [0.25, 0.3) is 0 Å². The van der Waals surface area contributed by atoms with Gasteiger partial charge in [-0.25, -0.2) is 0 Å². The van der Waals surface area contributed by atoms with Crippen LogP contribution in [0.5, 0.6) is 0 Å². The molecule has 0 aliphatic carbocycles. The number of aromatic nitrogens is 1. The molecule has 1 heteroatoms. The van der Waals surface area contributed by atoms with E-state index < -0.39 is 0 Å². The van der Waals surface area contributed by atoms with Crippen LogP contribution in [0, 0.1) is 20.8 Å². The molecule has 0 bridgehead atoms. The maximum absolute atomic E-state index is 4.65. The molecule has 0 saturated carbocycles. The predicted octanol–water partition coefficient (Wildman–Crippen LogP) is 4.83. The average molecular weight is 247 g/mol. The third-order valence-electron chi connectivity index (χ3n) is 3.77. The molecular formula is C18H17N. The number of nitrogens with zero attached hydrogens (tertiary/aromatic N) is 1. The molecule has 0 aliphatic rings. The summed E-state index contributed by atoms with van der Waals surface area (Å²) < 4.78 is 0. The fraction of sp³-hybridized carbons (Fsp3) is 0.167. The van der Waals surface area contributed by atoms with Crippen LogP contribution in [0.15, 0.2) is 48.7 Å². The summed E-state index contributed by atoms with van der Waals surface area (Å²) in [6.45, 7) is 6.40. The highest BCUT2D eigenvalue weighted by atomic mass is 14.7. The number of benzene rings is 2. The van der Waals surface area contributed by atoms with Gasteiger partial charge in [0, 0.05) is 17.1 Å². The van der Waals surface area contributed by atoms with Gasteiger partial charge in [-0.3, -0.25) is 4.98 Å². The Morgan fingerprint density at radius 1 is 0.737 bits per heavy atom. The van der Waals surface area contributed by atoms with E-state index in [1.54, 1.807) is 0 Å². The minimum absolute atomic E-state index is 1.07. The van der Waals surface area contributed by atoms with Crippen LogP contribution < -0.4 is 0 Å². The van der Waals surface area contributed by atoms with Gasteiger partial charge in [0.05, 0.1) is 5.69 Å². The quantitative estimate of drug-likeness (QED) is 0.600. The van der Waals surface area contributed by atoms with E-state index >= 15 is 0 Å². The average Bonchev–Trinajstić information content (AvgIpc) is 2.43. The highest BCUT2D eigenvalue weighted by molar-refractivity contribution is 5.96. The second kappa shape index (κ2) is 4.51. The zero-order valence-electron chi connectivity index (χ0n) is 11.6. The summed E-state index contributed by atoms with van der Waals surface area (Å²) in [5, 5.41) is 2.51. The van der Waals surface area contributed by atoms with Crippen molar-refractivity contribution in [2.45, 2.75) is 20.8 Å². The Morgan fingerprint density at radius 3 is 2.21 bits per heavy atom. The van der Waals surface area contributed by atoms with E-state index in [4.69, 9.17) is 0 Å². The minimum atomic E-state index is 1.07. The van der Waals surface area contributed by atoms with Gasteiger partial charge in [0.2, 0.25) is 0 Å². The largest absolute Gasteiger partial charge is 0.255 e. The Morgan fingerprint density at radius 2 is 1.47 bits per heavy atom. The van der Waals surface area contributed by atoms with Crippen molar-refractivity contribution in [2.24, 2.45) is 0 Å². The van der Waals surface area contributed by atoms with Crippen molar-refractivity contribution in [3.05, 3.63) is 65.4 Å². The lowest BCUT2D eigenvalue weighted by Crippen LogP contribution is -1.90. The number of pyridine rings is 1. The monoisotopic (exact) mass is 247 g/mol. The lowest BCUT2D eigenvalue weighted by Gasteiger charge is -2.09. The Bertz CT molecular complexity index is 757. The van der Waals surface area contributed by atoms with Crippen LogP contribution in [0.4, 0.5) is 0 Å². The normalized spacial score (nSPS) is 10.9. The van der Waals surface area contributed by atoms with Crippen LogP contribution in [-0.4, -0.2) is 4.98 Å².